The Kier molecular flexibility index (Phi) is 5.15. The molecule has 24 heavy (non-hydrogen) atoms. The number of carbonyl (C=O) groups is 1. The summed E-state index contributed by atoms with van der Waals surface area (Å²) in [6.45, 7) is 6.25. The summed E-state index contributed by atoms with van der Waals surface area (Å²) >= 11 is 0. The molecule has 1 aromatic heterocycles. The average Bonchev–Trinajstić information content (AvgIpc) is 3.22. The molecule has 1 amide bonds. The molecule has 1 unspecified atom stereocenters. The lowest BCUT2D eigenvalue weighted by Gasteiger charge is -2.11. The second-order valence-electron chi connectivity index (χ2n) is 6.06. The fraction of sp³-hybridized carbons (Fsp3) is 0.444. The maximum Gasteiger partial charge on any atom is 0.251 e. The molecular weight excluding hydrogens is 308 g/mol. The van der Waals surface area contributed by atoms with Crippen LogP contribution in [0.15, 0.2) is 28.8 Å². The molecule has 1 fully saturated rings. The monoisotopic (exact) mass is 330 g/mol. The van der Waals surface area contributed by atoms with Crippen molar-refractivity contribution in [2.24, 2.45) is 5.92 Å². The van der Waals surface area contributed by atoms with E-state index in [1.54, 1.807) is 12.1 Å². The maximum atomic E-state index is 12.3. The van der Waals surface area contributed by atoms with E-state index in [9.17, 15) is 4.79 Å². The van der Waals surface area contributed by atoms with Crippen molar-refractivity contribution in [1.82, 2.24) is 10.5 Å². The smallest absolute Gasteiger partial charge is 0.251 e. The summed E-state index contributed by atoms with van der Waals surface area (Å²) in [6.07, 6.45) is 1.00. The Morgan fingerprint density at radius 3 is 3.00 bits per heavy atom. The van der Waals surface area contributed by atoms with Crippen LogP contribution in [0.4, 0.5) is 0 Å². The molecule has 1 saturated heterocycles. The van der Waals surface area contributed by atoms with E-state index in [1.165, 1.54) is 0 Å². The van der Waals surface area contributed by atoms with Crippen LogP contribution in [0.2, 0.25) is 0 Å². The quantitative estimate of drug-likeness (QED) is 0.881. The summed E-state index contributed by atoms with van der Waals surface area (Å²) in [4.78, 5) is 12.3. The summed E-state index contributed by atoms with van der Waals surface area (Å²) in [7, 11) is 0. The highest BCUT2D eigenvalue weighted by Crippen LogP contribution is 2.19. The van der Waals surface area contributed by atoms with Crippen molar-refractivity contribution in [3.05, 3.63) is 46.8 Å². The van der Waals surface area contributed by atoms with Gasteiger partial charge in [0.05, 0.1) is 17.9 Å². The van der Waals surface area contributed by atoms with E-state index in [2.05, 4.69) is 10.5 Å². The number of rotatable bonds is 6. The molecule has 6 nitrogen and oxygen atoms in total. The van der Waals surface area contributed by atoms with Gasteiger partial charge >= 0.3 is 0 Å². The van der Waals surface area contributed by atoms with Crippen LogP contribution in [0, 0.1) is 19.8 Å². The van der Waals surface area contributed by atoms with E-state index < -0.39 is 0 Å². The molecule has 6 heteroatoms. The highest BCUT2D eigenvalue weighted by molar-refractivity contribution is 5.94. The van der Waals surface area contributed by atoms with Gasteiger partial charge in [-0.15, -0.1) is 0 Å². The van der Waals surface area contributed by atoms with E-state index in [0.29, 0.717) is 30.4 Å². The van der Waals surface area contributed by atoms with Gasteiger partial charge in [0.2, 0.25) is 0 Å². The van der Waals surface area contributed by atoms with Crippen molar-refractivity contribution in [2.75, 3.05) is 19.8 Å². The Hall–Kier alpha value is -2.34. The maximum absolute atomic E-state index is 12.3. The Bertz CT molecular complexity index is 685. The fourth-order valence-corrected chi connectivity index (χ4v) is 2.67. The van der Waals surface area contributed by atoms with Crippen LogP contribution < -0.4 is 10.1 Å². The Morgan fingerprint density at radius 2 is 2.29 bits per heavy atom. The SMILES string of the molecule is Cc1noc(C)c1COc1cccc(C(=O)NCC2CCOC2)c1. The fourth-order valence-electron chi connectivity index (χ4n) is 2.67. The van der Waals surface area contributed by atoms with Crippen molar-refractivity contribution < 1.29 is 18.8 Å². The zero-order valence-electron chi connectivity index (χ0n) is 14.0. The average molecular weight is 330 g/mol. The van der Waals surface area contributed by atoms with Gasteiger partial charge < -0.3 is 19.3 Å². The van der Waals surface area contributed by atoms with Gasteiger partial charge in [0.15, 0.2) is 0 Å². The van der Waals surface area contributed by atoms with Gasteiger partial charge in [-0.25, -0.2) is 0 Å². The van der Waals surface area contributed by atoms with E-state index in [-0.39, 0.29) is 5.91 Å². The lowest BCUT2D eigenvalue weighted by atomic mass is 10.1. The number of nitrogens with one attached hydrogen (secondary N) is 1. The van der Waals surface area contributed by atoms with Crippen molar-refractivity contribution in [1.29, 1.82) is 0 Å². The molecular formula is C18H22N2O4. The summed E-state index contributed by atoms with van der Waals surface area (Å²) in [5.41, 5.74) is 2.34. The Balaban J connectivity index is 1.58. The number of hydrogen-bond acceptors (Lipinski definition) is 5. The predicted molar refractivity (Wildman–Crippen MR) is 88.0 cm³/mol. The third-order valence-corrected chi connectivity index (χ3v) is 4.24. The lowest BCUT2D eigenvalue weighted by molar-refractivity contribution is 0.0944. The number of aryl methyl sites for hydroxylation is 2. The minimum atomic E-state index is -0.0929. The molecule has 0 spiro atoms. The molecule has 1 aliphatic heterocycles. The normalized spacial score (nSPS) is 17.0. The molecule has 1 aromatic carbocycles. The topological polar surface area (TPSA) is 73.6 Å². The number of ether oxygens (including phenoxy) is 2. The van der Waals surface area contributed by atoms with Gasteiger partial charge in [0.1, 0.15) is 18.1 Å². The van der Waals surface area contributed by atoms with Gasteiger partial charge in [-0.1, -0.05) is 11.2 Å². The first-order valence-electron chi connectivity index (χ1n) is 8.14. The van der Waals surface area contributed by atoms with Gasteiger partial charge in [-0.3, -0.25) is 4.79 Å². The van der Waals surface area contributed by atoms with Crippen LogP contribution >= 0.6 is 0 Å². The van der Waals surface area contributed by atoms with Crippen molar-refractivity contribution in [3.63, 3.8) is 0 Å². The third kappa shape index (κ3) is 3.94. The molecule has 3 rings (SSSR count). The van der Waals surface area contributed by atoms with E-state index in [0.717, 1.165) is 36.7 Å². The summed E-state index contributed by atoms with van der Waals surface area (Å²) in [5, 5.41) is 6.86. The summed E-state index contributed by atoms with van der Waals surface area (Å²) in [5.74, 6) is 1.71. The highest BCUT2D eigenvalue weighted by atomic mass is 16.5. The van der Waals surface area contributed by atoms with Crippen LogP contribution in [0.1, 0.15) is 33.8 Å². The van der Waals surface area contributed by atoms with Crippen LogP contribution in [-0.2, 0) is 11.3 Å². The Morgan fingerprint density at radius 1 is 1.42 bits per heavy atom. The molecule has 0 bridgehead atoms. The molecule has 2 heterocycles. The minimum absolute atomic E-state index is 0.0929. The van der Waals surface area contributed by atoms with Crippen molar-refractivity contribution >= 4 is 5.91 Å². The number of aromatic nitrogens is 1. The van der Waals surface area contributed by atoms with Gasteiger partial charge in [-0.05, 0) is 38.5 Å². The number of nitrogens with zero attached hydrogens (tertiary/aromatic N) is 1. The number of hydrogen-bond donors (Lipinski definition) is 1. The number of benzene rings is 1. The third-order valence-electron chi connectivity index (χ3n) is 4.24. The van der Waals surface area contributed by atoms with E-state index >= 15 is 0 Å². The minimum Gasteiger partial charge on any atom is -0.489 e. The summed E-state index contributed by atoms with van der Waals surface area (Å²) < 4.78 is 16.2. The zero-order chi connectivity index (χ0) is 16.9. The van der Waals surface area contributed by atoms with Crippen LogP contribution in [-0.4, -0.2) is 30.8 Å². The van der Waals surface area contributed by atoms with Crippen molar-refractivity contribution in [2.45, 2.75) is 26.9 Å². The summed E-state index contributed by atoms with van der Waals surface area (Å²) in [6, 6.07) is 7.18. The molecule has 0 aliphatic carbocycles. The molecule has 2 aromatic rings. The van der Waals surface area contributed by atoms with Gasteiger partial charge in [0.25, 0.3) is 5.91 Å². The number of carbonyl (C=O) groups excluding carboxylic acids is 1. The van der Waals surface area contributed by atoms with Crippen LogP contribution in [0.25, 0.3) is 0 Å². The molecule has 0 saturated carbocycles. The van der Waals surface area contributed by atoms with Gasteiger partial charge in [0, 0.05) is 24.6 Å². The zero-order valence-corrected chi connectivity index (χ0v) is 14.0. The standard InChI is InChI=1S/C18H22N2O4/c1-12-17(13(2)24-20-12)11-23-16-5-3-4-15(8-16)18(21)19-9-14-6-7-22-10-14/h3-5,8,14H,6-7,9-11H2,1-2H3,(H,19,21). The molecule has 0 radical (unpaired) electrons. The highest BCUT2D eigenvalue weighted by Gasteiger charge is 2.17. The van der Waals surface area contributed by atoms with Crippen molar-refractivity contribution in [3.8, 4) is 5.75 Å². The van der Waals surface area contributed by atoms with Crippen LogP contribution in [0.3, 0.4) is 0 Å². The van der Waals surface area contributed by atoms with Gasteiger partial charge in [-0.2, -0.15) is 0 Å². The lowest BCUT2D eigenvalue weighted by Crippen LogP contribution is -2.29. The number of amides is 1. The first-order chi connectivity index (χ1) is 11.6. The first kappa shape index (κ1) is 16.5. The largest absolute Gasteiger partial charge is 0.489 e. The first-order valence-corrected chi connectivity index (χ1v) is 8.14. The molecule has 1 N–H and O–H groups in total. The Labute approximate surface area is 141 Å². The van der Waals surface area contributed by atoms with Crippen LogP contribution in [0.5, 0.6) is 5.75 Å². The second kappa shape index (κ2) is 7.49. The molecule has 1 aliphatic rings. The predicted octanol–water partition coefficient (Wildman–Crippen LogP) is 2.64. The van der Waals surface area contributed by atoms with E-state index in [4.69, 9.17) is 14.0 Å². The second-order valence-corrected chi connectivity index (χ2v) is 6.06. The molecule has 128 valence electrons. The molecule has 1 atom stereocenters. The van der Waals surface area contributed by atoms with E-state index in [1.807, 2.05) is 26.0 Å².